The quantitative estimate of drug-likeness (QED) is 0.553. The fourth-order valence-corrected chi connectivity index (χ4v) is 6.52. The normalized spacial score (nSPS) is 22.9. The molecule has 0 radical (unpaired) electrons. The van der Waals surface area contributed by atoms with E-state index >= 15 is 0 Å². The minimum atomic E-state index is -0.361. The molecule has 1 aliphatic carbocycles. The summed E-state index contributed by atoms with van der Waals surface area (Å²) < 4.78 is 14.2. The number of anilines is 2. The summed E-state index contributed by atoms with van der Waals surface area (Å²) in [6.45, 7) is 8.60. The largest absolute Gasteiger partial charge is 0.490 e. The standard InChI is InChI=1S/C31H42N4O4/c1-23(2)34-20-26(8-11-29(34)36)35-22-31(38-21-30(35)37)14-18-33(19-15-31)25-6-9-27(10-7-25)39-28-12-16-32(17-13-28)24-4-3-5-24/h6-11,20,23-24,28H,3-5,12-19,21-22H2,1-2H3. The summed E-state index contributed by atoms with van der Waals surface area (Å²) in [7, 11) is 0. The van der Waals surface area contributed by atoms with Gasteiger partial charge in [0.05, 0.1) is 17.8 Å². The van der Waals surface area contributed by atoms with Crippen molar-refractivity contribution in [2.75, 3.05) is 49.1 Å². The molecule has 0 bridgehead atoms. The first-order valence-electron chi connectivity index (χ1n) is 14.8. The zero-order chi connectivity index (χ0) is 27.0. The summed E-state index contributed by atoms with van der Waals surface area (Å²) in [5.74, 6) is 0.906. The molecule has 210 valence electrons. The van der Waals surface area contributed by atoms with E-state index in [4.69, 9.17) is 9.47 Å². The Morgan fingerprint density at radius 1 is 0.897 bits per heavy atom. The second-order valence-electron chi connectivity index (χ2n) is 12.1. The van der Waals surface area contributed by atoms with Crippen LogP contribution in [-0.4, -0.2) is 72.5 Å². The SMILES string of the molecule is CC(C)n1cc(N2CC3(CCN(c4ccc(OC5CCN(C6CCC6)CC5)cc4)CC3)OCC2=O)ccc1=O. The van der Waals surface area contributed by atoms with E-state index in [1.807, 2.05) is 13.8 Å². The fourth-order valence-electron chi connectivity index (χ4n) is 6.52. The third-order valence-electron chi connectivity index (χ3n) is 9.29. The summed E-state index contributed by atoms with van der Waals surface area (Å²) in [6, 6.07) is 12.7. The number of aromatic nitrogens is 1. The van der Waals surface area contributed by atoms with E-state index in [-0.39, 0.29) is 29.7 Å². The van der Waals surface area contributed by atoms with Crippen LogP contribution in [0.2, 0.25) is 0 Å². The van der Waals surface area contributed by atoms with E-state index in [0.717, 1.165) is 69.3 Å². The number of pyridine rings is 1. The second kappa shape index (κ2) is 11.0. The summed E-state index contributed by atoms with van der Waals surface area (Å²) in [5, 5.41) is 0. The van der Waals surface area contributed by atoms with Gasteiger partial charge in [0.2, 0.25) is 0 Å². The second-order valence-corrected chi connectivity index (χ2v) is 12.1. The van der Waals surface area contributed by atoms with Crippen molar-refractivity contribution in [1.82, 2.24) is 9.47 Å². The van der Waals surface area contributed by atoms with Crippen molar-refractivity contribution >= 4 is 17.3 Å². The first-order chi connectivity index (χ1) is 18.9. The predicted octanol–water partition coefficient (Wildman–Crippen LogP) is 4.23. The van der Waals surface area contributed by atoms with Gasteiger partial charge in [-0.2, -0.15) is 0 Å². The Morgan fingerprint density at radius 3 is 2.23 bits per heavy atom. The number of amides is 1. The van der Waals surface area contributed by atoms with Crippen LogP contribution in [-0.2, 0) is 9.53 Å². The minimum absolute atomic E-state index is 0.0348. The lowest BCUT2D eigenvalue weighted by atomic mass is 9.88. The highest BCUT2D eigenvalue weighted by atomic mass is 16.5. The van der Waals surface area contributed by atoms with Gasteiger partial charge in [0.15, 0.2) is 0 Å². The summed E-state index contributed by atoms with van der Waals surface area (Å²) in [6.07, 6.45) is 10.2. The molecule has 1 spiro atoms. The molecule has 0 atom stereocenters. The molecule has 8 heteroatoms. The maximum Gasteiger partial charge on any atom is 0.253 e. The molecule has 39 heavy (non-hydrogen) atoms. The number of piperidine rings is 2. The predicted molar refractivity (Wildman–Crippen MR) is 153 cm³/mol. The molecule has 0 N–H and O–H groups in total. The van der Waals surface area contributed by atoms with Crippen LogP contribution in [0.25, 0.3) is 0 Å². The van der Waals surface area contributed by atoms with Crippen LogP contribution in [0.15, 0.2) is 47.4 Å². The molecule has 1 saturated carbocycles. The molecule has 3 aliphatic heterocycles. The summed E-state index contributed by atoms with van der Waals surface area (Å²) in [5.41, 5.74) is 1.55. The van der Waals surface area contributed by atoms with Crippen LogP contribution in [0.4, 0.5) is 11.4 Å². The van der Waals surface area contributed by atoms with Crippen LogP contribution in [0.5, 0.6) is 5.75 Å². The smallest absolute Gasteiger partial charge is 0.253 e. The van der Waals surface area contributed by atoms with Gasteiger partial charge in [-0.3, -0.25) is 9.59 Å². The first-order valence-corrected chi connectivity index (χ1v) is 14.8. The third kappa shape index (κ3) is 5.59. The molecule has 4 aliphatic rings. The molecule has 2 aromatic rings. The zero-order valence-corrected chi connectivity index (χ0v) is 23.4. The van der Waals surface area contributed by atoms with E-state index in [1.54, 1.807) is 27.8 Å². The number of hydrogen-bond donors (Lipinski definition) is 0. The number of rotatable bonds is 6. The number of morpholine rings is 1. The van der Waals surface area contributed by atoms with E-state index < -0.39 is 0 Å². The molecule has 4 fully saturated rings. The van der Waals surface area contributed by atoms with Gasteiger partial charge in [0.25, 0.3) is 11.5 Å². The Kier molecular flexibility index (Phi) is 7.42. The molecule has 4 heterocycles. The van der Waals surface area contributed by atoms with Crippen molar-refractivity contribution in [2.24, 2.45) is 0 Å². The molecular formula is C31H42N4O4. The lowest BCUT2D eigenvalue weighted by molar-refractivity contribution is -0.141. The van der Waals surface area contributed by atoms with Crippen LogP contribution in [0, 0.1) is 0 Å². The van der Waals surface area contributed by atoms with Crippen molar-refractivity contribution in [3.8, 4) is 5.75 Å². The van der Waals surface area contributed by atoms with Crippen LogP contribution in [0.1, 0.15) is 64.8 Å². The van der Waals surface area contributed by atoms with E-state index in [0.29, 0.717) is 12.6 Å². The van der Waals surface area contributed by atoms with Gasteiger partial charge >= 0.3 is 0 Å². The van der Waals surface area contributed by atoms with Crippen molar-refractivity contribution < 1.29 is 14.3 Å². The lowest BCUT2D eigenvalue weighted by Crippen LogP contribution is -2.59. The molecule has 8 nitrogen and oxygen atoms in total. The van der Waals surface area contributed by atoms with E-state index in [2.05, 4.69) is 34.1 Å². The monoisotopic (exact) mass is 534 g/mol. The van der Waals surface area contributed by atoms with Gasteiger partial charge in [-0.15, -0.1) is 0 Å². The van der Waals surface area contributed by atoms with Crippen molar-refractivity contribution in [2.45, 2.75) is 82.6 Å². The molecule has 6 rings (SSSR count). The minimum Gasteiger partial charge on any atom is -0.490 e. The maximum absolute atomic E-state index is 12.8. The number of benzene rings is 1. The van der Waals surface area contributed by atoms with Crippen LogP contribution in [0.3, 0.4) is 0 Å². The number of nitrogens with zero attached hydrogens (tertiary/aromatic N) is 4. The Morgan fingerprint density at radius 2 is 1.59 bits per heavy atom. The zero-order valence-electron chi connectivity index (χ0n) is 23.4. The number of carbonyl (C=O) groups is 1. The highest BCUT2D eigenvalue weighted by Gasteiger charge is 2.43. The van der Waals surface area contributed by atoms with Crippen LogP contribution < -0.4 is 20.1 Å². The molecule has 1 aromatic carbocycles. The third-order valence-corrected chi connectivity index (χ3v) is 9.29. The maximum atomic E-state index is 12.8. The number of carbonyl (C=O) groups excluding carboxylic acids is 1. The average molecular weight is 535 g/mol. The molecule has 1 aromatic heterocycles. The van der Waals surface area contributed by atoms with E-state index in [9.17, 15) is 9.59 Å². The van der Waals surface area contributed by atoms with Crippen molar-refractivity contribution in [3.63, 3.8) is 0 Å². The fraction of sp³-hybridized carbons (Fsp3) is 0.613. The Balaban J connectivity index is 1.04. The van der Waals surface area contributed by atoms with E-state index in [1.165, 1.54) is 24.9 Å². The number of hydrogen-bond acceptors (Lipinski definition) is 6. The van der Waals surface area contributed by atoms with Gasteiger partial charge in [0.1, 0.15) is 18.5 Å². The highest BCUT2D eigenvalue weighted by molar-refractivity contribution is 5.95. The molecule has 3 saturated heterocycles. The Labute approximate surface area is 231 Å². The van der Waals surface area contributed by atoms with Gasteiger partial charge < -0.3 is 28.7 Å². The average Bonchev–Trinajstić information content (AvgIpc) is 2.91. The first kappa shape index (κ1) is 26.4. The summed E-state index contributed by atoms with van der Waals surface area (Å²) in [4.78, 5) is 31.9. The van der Waals surface area contributed by atoms with Crippen molar-refractivity contribution in [3.05, 3.63) is 52.9 Å². The van der Waals surface area contributed by atoms with Gasteiger partial charge in [-0.25, -0.2) is 0 Å². The Bertz CT molecular complexity index is 1210. The topological polar surface area (TPSA) is 67.2 Å². The van der Waals surface area contributed by atoms with Crippen LogP contribution >= 0.6 is 0 Å². The Hall–Kier alpha value is -2.84. The molecule has 0 unspecified atom stereocenters. The molecule has 1 amide bonds. The lowest BCUT2D eigenvalue weighted by Gasteiger charge is -2.47. The number of ether oxygens (including phenoxy) is 2. The van der Waals surface area contributed by atoms with Crippen molar-refractivity contribution in [1.29, 1.82) is 0 Å². The van der Waals surface area contributed by atoms with Gasteiger partial charge in [-0.1, -0.05) is 6.42 Å². The van der Waals surface area contributed by atoms with Gasteiger partial charge in [0, 0.05) is 56.2 Å². The molecular weight excluding hydrogens is 492 g/mol. The highest BCUT2D eigenvalue weighted by Crippen LogP contribution is 2.35. The van der Waals surface area contributed by atoms with Gasteiger partial charge in [-0.05, 0) is 82.7 Å². The number of likely N-dealkylation sites (tertiary alicyclic amines) is 1. The summed E-state index contributed by atoms with van der Waals surface area (Å²) >= 11 is 0.